The van der Waals surface area contributed by atoms with Crippen molar-refractivity contribution in [3.8, 4) is 0 Å². The Morgan fingerprint density at radius 3 is 2.81 bits per heavy atom. The zero-order chi connectivity index (χ0) is 15.5. The number of carboxylic acids is 1. The van der Waals surface area contributed by atoms with Crippen molar-refractivity contribution >= 4 is 16.0 Å². The predicted octanol–water partition coefficient (Wildman–Crippen LogP) is 1.64. The number of hydrogen-bond donors (Lipinski definition) is 1. The van der Waals surface area contributed by atoms with Gasteiger partial charge in [-0.2, -0.15) is 4.31 Å². The van der Waals surface area contributed by atoms with Crippen molar-refractivity contribution in [3.05, 3.63) is 35.6 Å². The van der Waals surface area contributed by atoms with Gasteiger partial charge in [0, 0.05) is 6.54 Å². The molecule has 1 fully saturated rings. The summed E-state index contributed by atoms with van der Waals surface area (Å²) in [5.41, 5.74) is 0.586. The van der Waals surface area contributed by atoms with Crippen LogP contribution in [0.3, 0.4) is 0 Å². The van der Waals surface area contributed by atoms with Gasteiger partial charge in [-0.15, -0.1) is 0 Å². The van der Waals surface area contributed by atoms with E-state index in [2.05, 4.69) is 0 Å². The minimum Gasteiger partial charge on any atom is -0.480 e. The van der Waals surface area contributed by atoms with Gasteiger partial charge in [0.15, 0.2) is 0 Å². The van der Waals surface area contributed by atoms with E-state index in [1.54, 1.807) is 6.07 Å². The van der Waals surface area contributed by atoms with E-state index in [4.69, 9.17) is 5.11 Å². The van der Waals surface area contributed by atoms with Gasteiger partial charge in [0.25, 0.3) is 0 Å². The molecular formula is C14H18FNO4S. The highest BCUT2D eigenvalue weighted by Crippen LogP contribution is 2.21. The van der Waals surface area contributed by atoms with Crippen molar-refractivity contribution in [2.45, 2.75) is 31.7 Å². The van der Waals surface area contributed by atoms with Crippen LogP contribution < -0.4 is 0 Å². The van der Waals surface area contributed by atoms with Gasteiger partial charge in [-0.1, -0.05) is 12.1 Å². The zero-order valence-corrected chi connectivity index (χ0v) is 12.4. The molecule has 1 aliphatic heterocycles. The fourth-order valence-corrected chi connectivity index (χ4v) is 4.26. The Kier molecular flexibility index (Phi) is 4.95. The molecule has 21 heavy (non-hydrogen) atoms. The standard InChI is InChI=1S/C14H18FNO4S/c15-12-5-3-4-11(10-12)7-9-21(19,20)16-8-2-1-6-13(16)14(17)18/h3-5,10,13H,1-2,6-9H2,(H,17,18). The third-order valence-electron chi connectivity index (χ3n) is 3.63. The molecule has 0 bridgehead atoms. The van der Waals surface area contributed by atoms with Gasteiger partial charge in [-0.25, -0.2) is 12.8 Å². The van der Waals surface area contributed by atoms with Gasteiger partial charge in [0.05, 0.1) is 5.75 Å². The van der Waals surface area contributed by atoms with E-state index in [9.17, 15) is 17.6 Å². The number of benzene rings is 1. The maximum absolute atomic E-state index is 13.1. The molecule has 0 amide bonds. The summed E-state index contributed by atoms with van der Waals surface area (Å²) in [7, 11) is -3.66. The lowest BCUT2D eigenvalue weighted by atomic mass is 10.1. The number of halogens is 1. The van der Waals surface area contributed by atoms with E-state index in [1.165, 1.54) is 18.2 Å². The quantitative estimate of drug-likeness (QED) is 0.896. The number of rotatable bonds is 5. The summed E-state index contributed by atoms with van der Waals surface area (Å²) >= 11 is 0. The number of piperidine rings is 1. The van der Waals surface area contributed by atoms with E-state index in [0.717, 1.165) is 4.31 Å². The van der Waals surface area contributed by atoms with Crippen LogP contribution in [0.15, 0.2) is 24.3 Å². The first-order chi connectivity index (χ1) is 9.90. The molecule has 0 radical (unpaired) electrons. The summed E-state index contributed by atoms with van der Waals surface area (Å²) in [6.45, 7) is 0.239. The van der Waals surface area contributed by atoms with Crippen molar-refractivity contribution < 1.29 is 22.7 Å². The van der Waals surface area contributed by atoms with Gasteiger partial charge < -0.3 is 5.11 Å². The monoisotopic (exact) mass is 315 g/mol. The van der Waals surface area contributed by atoms with E-state index in [0.29, 0.717) is 24.8 Å². The van der Waals surface area contributed by atoms with Gasteiger partial charge in [0.2, 0.25) is 10.0 Å². The molecule has 7 heteroatoms. The zero-order valence-electron chi connectivity index (χ0n) is 11.5. The highest BCUT2D eigenvalue weighted by Gasteiger charge is 2.36. The summed E-state index contributed by atoms with van der Waals surface area (Å²) in [5, 5.41) is 9.14. The van der Waals surface area contributed by atoms with Crippen molar-refractivity contribution in [3.63, 3.8) is 0 Å². The maximum atomic E-state index is 13.1. The van der Waals surface area contributed by atoms with Crippen LogP contribution in [0.2, 0.25) is 0 Å². The van der Waals surface area contributed by atoms with Gasteiger partial charge in [-0.05, 0) is 43.4 Å². The van der Waals surface area contributed by atoms with Crippen LogP contribution in [0.4, 0.5) is 4.39 Å². The highest BCUT2D eigenvalue weighted by molar-refractivity contribution is 7.89. The van der Waals surface area contributed by atoms with Crippen molar-refractivity contribution in [1.82, 2.24) is 4.31 Å². The van der Waals surface area contributed by atoms with E-state index >= 15 is 0 Å². The Morgan fingerprint density at radius 2 is 2.14 bits per heavy atom. The smallest absolute Gasteiger partial charge is 0.322 e. The average Bonchev–Trinajstić information content (AvgIpc) is 2.45. The average molecular weight is 315 g/mol. The number of carbonyl (C=O) groups is 1. The van der Waals surface area contributed by atoms with E-state index in [1.807, 2.05) is 0 Å². The van der Waals surface area contributed by atoms with Crippen LogP contribution >= 0.6 is 0 Å². The second-order valence-corrected chi connectivity index (χ2v) is 7.20. The number of nitrogens with zero attached hydrogens (tertiary/aromatic N) is 1. The summed E-state index contributed by atoms with van der Waals surface area (Å²) < 4.78 is 38.8. The number of sulfonamides is 1. The number of hydrogen-bond acceptors (Lipinski definition) is 3. The van der Waals surface area contributed by atoms with Crippen molar-refractivity contribution in [2.24, 2.45) is 0 Å². The van der Waals surface area contributed by atoms with Crippen LogP contribution in [-0.4, -0.2) is 42.1 Å². The number of carboxylic acid groups (broad SMARTS) is 1. The highest BCUT2D eigenvalue weighted by atomic mass is 32.2. The first kappa shape index (κ1) is 15.9. The predicted molar refractivity (Wildman–Crippen MR) is 75.9 cm³/mol. The Bertz CT molecular complexity index is 617. The van der Waals surface area contributed by atoms with Crippen molar-refractivity contribution in [1.29, 1.82) is 0 Å². The van der Waals surface area contributed by atoms with E-state index < -0.39 is 27.9 Å². The molecule has 2 rings (SSSR count). The number of aryl methyl sites for hydroxylation is 1. The first-order valence-electron chi connectivity index (χ1n) is 6.87. The fraction of sp³-hybridized carbons (Fsp3) is 0.500. The molecule has 1 N–H and O–H groups in total. The SMILES string of the molecule is O=C(O)C1CCCCN1S(=O)(=O)CCc1cccc(F)c1. The van der Waals surface area contributed by atoms with Crippen LogP contribution in [-0.2, 0) is 21.2 Å². The molecular weight excluding hydrogens is 297 g/mol. The summed E-state index contributed by atoms with van der Waals surface area (Å²) in [6.07, 6.45) is 1.90. The minimum absolute atomic E-state index is 0.170. The molecule has 1 unspecified atom stereocenters. The molecule has 1 aromatic rings. The minimum atomic E-state index is -3.66. The van der Waals surface area contributed by atoms with Crippen LogP contribution in [0, 0.1) is 5.82 Å². The summed E-state index contributed by atoms with van der Waals surface area (Å²) in [4.78, 5) is 11.2. The third-order valence-corrected chi connectivity index (χ3v) is 5.51. The lowest BCUT2D eigenvalue weighted by Gasteiger charge is -2.31. The Hall–Kier alpha value is -1.47. The molecule has 1 saturated heterocycles. The Morgan fingerprint density at radius 1 is 1.38 bits per heavy atom. The second-order valence-electron chi connectivity index (χ2n) is 5.16. The van der Waals surface area contributed by atoms with E-state index in [-0.39, 0.29) is 18.7 Å². The van der Waals surface area contributed by atoms with Crippen LogP contribution in [0.25, 0.3) is 0 Å². The van der Waals surface area contributed by atoms with Gasteiger partial charge in [0.1, 0.15) is 11.9 Å². The molecule has 1 atom stereocenters. The largest absolute Gasteiger partial charge is 0.480 e. The molecule has 5 nitrogen and oxygen atoms in total. The molecule has 0 saturated carbocycles. The van der Waals surface area contributed by atoms with Gasteiger partial charge in [-0.3, -0.25) is 4.79 Å². The lowest BCUT2D eigenvalue weighted by molar-refractivity contribution is -0.142. The van der Waals surface area contributed by atoms with Crippen LogP contribution in [0.5, 0.6) is 0 Å². The summed E-state index contributed by atoms with van der Waals surface area (Å²) in [6, 6.07) is 4.79. The molecule has 116 valence electrons. The molecule has 0 aromatic heterocycles. The first-order valence-corrected chi connectivity index (χ1v) is 8.48. The maximum Gasteiger partial charge on any atom is 0.322 e. The number of aliphatic carboxylic acids is 1. The normalized spacial score (nSPS) is 20.3. The van der Waals surface area contributed by atoms with Crippen LogP contribution in [0.1, 0.15) is 24.8 Å². The molecule has 1 aromatic carbocycles. The third kappa shape index (κ3) is 4.01. The second kappa shape index (κ2) is 6.53. The Labute approximate surface area is 123 Å². The Balaban J connectivity index is 2.08. The molecule has 0 spiro atoms. The molecule has 1 heterocycles. The van der Waals surface area contributed by atoms with Crippen molar-refractivity contribution in [2.75, 3.05) is 12.3 Å². The lowest BCUT2D eigenvalue weighted by Crippen LogP contribution is -2.48. The topological polar surface area (TPSA) is 74.7 Å². The molecule has 1 aliphatic rings. The summed E-state index contributed by atoms with van der Waals surface area (Å²) in [5.74, 6) is -1.73. The fourth-order valence-electron chi connectivity index (χ4n) is 2.54. The van der Waals surface area contributed by atoms with Gasteiger partial charge >= 0.3 is 5.97 Å². The molecule has 0 aliphatic carbocycles.